The minimum Gasteiger partial charge on any atom is -0.497 e. The van der Waals surface area contributed by atoms with Gasteiger partial charge in [-0.2, -0.15) is 0 Å². The SMILES string of the molecule is CCNC(=O)c1cc2cc(OC)ccc2c(=O)[nH]1. The molecule has 5 nitrogen and oxygen atoms in total. The topological polar surface area (TPSA) is 71.2 Å². The van der Waals surface area contributed by atoms with Gasteiger partial charge in [-0.3, -0.25) is 9.59 Å². The molecule has 2 N–H and O–H groups in total. The fraction of sp³-hybridized carbons (Fsp3) is 0.231. The number of H-pyrrole nitrogens is 1. The van der Waals surface area contributed by atoms with Crippen LogP contribution in [0.15, 0.2) is 29.1 Å². The molecule has 0 aliphatic heterocycles. The van der Waals surface area contributed by atoms with Crippen molar-refractivity contribution >= 4 is 16.7 Å². The average molecular weight is 246 g/mol. The summed E-state index contributed by atoms with van der Waals surface area (Å²) < 4.78 is 5.10. The lowest BCUT2D eigenvalue weighted by molar-refractivity contribution is 0.0951. The summed E-state index contributed by atoms with van der Waals surface area (Å²) in [6.07, 6.45) is 0. The Balaban J connectivity index is 2.59. The number of ether oxygens (including phenoxy) is 1. The fourth-order valence-electron chi connectivity index (χ4n) is 1.75. The molecule has 0 bridgehead atoms. The highest BCUT2D eigenvalue weighted by atomic mass is 16.5. The minimum atomic E-state index is -0.292. The normalized spacial score (nSPS) is 10.3. The summed E-state index contributed by atoms with van der Waals surface area (Å²) in [5, 5.41) is 3.85. The molecule has 0 atom stereocenters. The van der Waals surface area contributed by atoms with Crippen LogP contribution in [0.5, 0.6) is 5.75 Å². The van der Waals surface area contributed by atoms with Gasteiger partial charge in [-0.1, -0.05) is 0 Å². The zero-order valence-corrected chi connectivity index (χ0v) is 10.2. The maximum atomic E-state index is 11.8. The van der Waals surface area contributed by atoms with Gasteiger partial charge in [0.05, 0.1) is 7.11 Å². The molecule has 0 radical (unpaired) electrons. The molecule has 1 aromatic heterocycles. The van der Waals surface area contributed by atoms with Crippen LogP contribution in [0.25, 0.3) is 10.8 Å². The maximum Gasteiger partial charge on any atom is 0.267 e. The minimum absolute atomic E-state index is 0.252. The highest BCUT2D eigenvalue weighted by Crippen LogP contribution is 2.18. The van der Waals surface area contributed by atoms with E-state index in [4.69, 9.17) is 4.74 Å². The zero-order valence-electron chi connectivity index (χ0n) is 10.2. The predicted molar refractivity (Wildman–Crippen MR) is 69.1 cm³/mol. The molecule has 0 saturated heterocycles. The van der Waals surface area contributed by atoms with E-state index in [1.165, 1.54) is 0 Å². The lowest BCUT2D eigenvalue weighted by Gasteiger charge is -2.05. The van der Waals surface area contributed by atoms with Crippen molar-refractivity contribution in [1.29, 1.82) is 0 Å². The van der Waals surface area contributed by atoms with Crippen LogP contribution in [0.4, 0.5) is 0 Å². The van der Waals surface area contributed by atoms with Crippen molar-refractivity contribution in [3.8, 4) is 5.75 Å². The van der Waals surface area contributed by atoms with Crippen molar-refractivity contribution in [3.05, 3.63) is 40.3 Å². The Hall–Kier alpha value is -2.30. The van der Waals surface area contributed by atoms with Crippen molar-refractivity contribution < 1.29 is 9.53 Å². The van der Waals surface area contributed by atoms with E-state index in [9.17, 15) is 9.59 Å². The Morgan fingerprint density at radius 3 is 2.83 bits per heavy atom. The summed E-state index contributed by atoms with van der Waals surface area (Å²) in [4.78, 5) is 26.1. The van der Waals surface area contributed by atoms with Crippen molar-refractivity contribution in [3.63, 3.8) is 0 Å². The largest absolute Gasteiger partial charge is 0.497 e. The molecule has 1 amide bonds. The number of aromatic nitrogens is 1. The fourth-order valence-corrected chi connectivity index (χ4v) is 1.75. The Labute approximate surface area is 104 Å². The first-order chi connectivity index (χ1) is 8.65. The zero-order chi connectivity index (χ0) is 13.1. The van der Waals surface area contributed by atoms with Crippen LogP contribution in [-0.4, -0.2) is 24.5 Å². The molecule has 0 saturated carbocycles. The quantitative estimate of drug-likeness (QED) is 0.857. The molecule has 5 heteroatoms. The first-order valence-electron chi connectivity index (χ1n) is 5.65. The number of aromatic amines is 1. The number of benzene rings is 1. The number of hydrogen-bond donors (Lipinski definition) is 2. The van der Waals surface area contributed by atoms with Crippen LogP contribution in [-0.2, 0) is 0 Å². The number of amides is 1. The molecule has 0 aliphatic rings. The number of pyridine rings is 1. The third-order valence-electron chi connectivity index (χ3n) is 2.63. The average Bonchev–Trinajstić information content (AvgIpc) is 2.38. The summed E-state index contributed by atoms with van der Waals surface area (Å²) in [5.41, 5.74) is -0.0287. The van der Waals surface area contributed by atoms with Gasteiger partial charge >= 0.3 is 0 Å². The molecule has 1 heterocycles. The van der Waals surface area contributed by atoms with E-state index in [2.05, 4.69) is 10.3 Å². The number of fused-ring (bicyclic) bond motifs is 1. The van der Waals surface area contributed by atoms with Gasteiger partial charge in [0.1, 0.15) is 11.4 Å². The molecule has 0 unspecified atom stereocenters. The molecule has 94 valence electrons. The second kappa shape index (κ2) is 4.91. The number of nitrogens with one attached hydrogen (secondary N) is 2. The number of methoxy groups -OCH3 is 1. The summed E-state index contributed by atoms with van der Waals surface area (Å²) in [7, 11) is 1.55. The molecule has 1 aromatic carbocycles. The third kappa shape index (κ3) is 2.20. The predicted octanol–water partition coefficient (Wildman–Crippen LogP) is 1.29. The molecule has 0 fully saturated rings. The van der Waals surface area contributed by atoms with Crippen LogP contribution in [0, 0.1) is 0 Å². The van der Waals surface area contributed by atoms with Gasteiger partial charge in [0.15, 0.2) is 0 Å². The second-order valence-electron chi connectivity index (χ2n) is 3.82. The lowest BCUT2D eigenvalue weighted by Crippen LogP contribution is -2.26. The monoisotopic (exact) mass is 246 g/mol. The summed E-state index contributed by atoms with van der Waals surface area (Å²) in [5.74, 6) is 0.356. The molecule has 2 aromatic rings. The summed E-state index contributed by atoms with van der Waals surface area (Å²) >= 11 is 0. The van der Waals surface area contributed by atoms with Crippen molar-refractivity contribution in [2.75, 3.05) is 13.7 Å². The van der Waals surface area contributed by atoms with Gasteiger partial charge in [-0.05, 0) is 36.6 Å². The van der Waals surface area contributed by atoms with Crippen LogP contribution in [0.1, 0.15) is 17.4 Å². The van der Waals surface area contributed by atoms with E-state index in [1.807, 2.05) is 6.92 Å². The van der Waals surface area contributed by atoms with E-state index in [0.29, 0.717) is 23.1 Å². The lowest BCUT2D eigenvalue weighted by atomic mass is 10.1. The number of carbonyl (C=O) groups is 1. The number of rotatable bonds is 3. The van der Waals surface area contributed by atoms with E-state index >= 15 is 0 Å². The van der Waals surface area contributed by atoms with Gasteiger partial charge < -0.3 is 15.0 Å². The summed E-state index contributed by atoms with van der Waals surface area (Å²) in [6, 6.07) is 6.76. The molecular weight excluding hydrogens is 232 g/mol. The van der Waals surface area contributed by atoms with Crippen LogP contribution < -0.4 is 15.6 Å². The van der Waals surface area contributed by atoms with Gasteiger partial charge in [-0.25, -0.2) is 0 Å². The summed E-state index contributed by atoms with van der Waals surface area (Å²) in [6.45, 7) is 2.33. The van der Waals surface area contributed by atoms with E-state index < -0.39 is 0 Å². The van der Waals surface area contributed by atoms with Gasteiger partial charge in [0.2, 0.25) is 0 Å². The standard InChI is InChI=1S/C13H14N2O3/c1-3-14-13(17)11-7-8-6-9(18-2)4-5-10(8)12(16)15-11/h4-7H,3H2,1-2H3,(H,14,17)(H,15,16). The molecule has 0 aliphatic carbocycles. The molecular formula is C13H14N2O3. The van der Waals surface area contributed by atoms with E-state index in [0.717, 1.165) is 0 Å². The Kier molecular flexibility index (Phi) is 3.32. The van der Waals surface area contributed by atoms with Gasteiger partial charge in [-0.15, -0.1) is 0 Å². The molecule has 18 heavy (non-hydrogen) atoms. The van der Waals surface area contributed by atoms with E-state index in [-0.39, 0.29) is 17.2 Å². The highest BCUT2D eigenvalue weighted by Gasteiger charge is 2.09. The Bertz CT molecular complexity index is 646. The Morgan fingerprint density at radius 1 is 1.39 bits per heavy atom. The maximum absolute atomic E-state index is 11.8. The van der Waals surface area contributed by atoms with Gasteiger partial charge in [0, 0.05) is 11.9 Å². The smallest absolute Gasteiger partial charge is 0.267 e. The number of hydrogen-bond acceptors (Lipinski definition) is 3. The van der Waals surface area contributed by atoms with E-state index in [1.54, 1.807) is 31.4 Å². The van der Waals surface area contributed by atoms with Crippen molar-refractivity contribution in [2.24, 2.45) is 0 Å². The first kappa shape index (κ1) is 12.2. The Morgan fingerprint density at radius 2 is 2.17 bits per heavy atom. The number of carbonyl (C=O) groups excluding carboxylic acids is 1. The van der Waals surface area contributed by atoms with Gasteiger partial charge in [0.25, 0.3) is 11.5 Å². The van der Waals surface area contributed by atoms with Crippen molar-refractivity contribution in [2.45, 2.75) is 6.92 Å². The molecule has 2 rings (SSSR count). The van der Waals surface area contributed by atoms with Crippen LogP contribution in [0.3, 0.4) is 0 Å². The van der Waals surface area contributed by atoms with Crippen LogP contribution >= 0.6 is 0 Å². The molecule has 0 spiro atoms. The first-order valence-corrected chi connectivity index (χ1v) is 5.65. The third-order valence-corrected chi connectivity index (χ3v) is 2.63. The van der Waals surface area contributed by atoms with Crippen molar-refractivity contribution in [1.82, 2.24) is 10.3 Å². The van der Waals surface area contributed by atoms with Crippen LogP contribution in [0.2, 0.25) is 0 Å². The highest BCUT2D eigenvalue weighted by molar-refractivity contribution is 5.96. The second-order valence-corrected chi connectivity index (χ2v) is 3.82.